The van der Waals surface area contributed by atoms with Crippen molar-refractivity contribution < 1.29 is 13.9 Å². The fourth-order valence-electron chi connectivity index (χ4n) is 2.54. The number of rotatable bonds is 3. The van der Waals surface area contributed by atoms with Crippen LogP contribution in [0, 0.1) is 0 Å². The highest BCUT2D eigenvalue weighted by Crippen LogP contribution is 2.27. The lowest BCUT2D eigenvalue weighted by atomic mass is 10.2. The zero-order chi connectivity index (χ0) is 14.8. The zero-order valence-corrected chi connectivity index (χ0v) is 13.4. The topological polar surface area (TPSA) is 54.7 Å². The van der Waals surface area contributed by atoms with Gasteiger partial charge < -0.3 is 19.4 Å². The van der Waals surface area contributed by atoms with E-state index in [0.29, 0.717) is 31.0 Å². The summed E-state index contributed by atoms with van der Waals surface area (Å²) in [6.07, 6.45) is 0.0313. The third-order valence-corrected chi connectivity index (χ3v) is 4.19. The molecule has 1 unspecified atom stereocenters. The molecule has 1 saturated heterocycles. The lowest BCUT2D eigenvalue weighted by Crippen LogP contribution is -2.48. The predicted octanol–water partition coefficient (Wildman–Crippen LogP) is 2.26. The molecule has 0 saturated carbocycles. The summed E-state index contributed by atoms with van der Waals surface area (Å²) in [5, 5.41) is 4.00. The standard InChI is InChI=1S/C15H17BrN2O3/c1-17-8-11-9-18(5-6-20-11)15(19)13-7-10-3-2-4-12(16)14(10)21-13/h2-4,7,11,17H,5-6,8-9H2,1H3. The molecule has 2 aromatic rings. The van der Waals surface area contributed by atoms with Crippen LogP contribution in [0.2, 0.25) is 0 Å². The molecule has 21 heavy (non-hydrogen) atoms. The number of furan rings is 1. The summed E-state index contributed by atoms with van der Waals surface area (Å²) in [6.45, 7) is 2.46. The Morgan fingerprint density at radius 2 is 2.38 bits per heavy atom. The third-order valence-electron chi connectivity index (χ3n) is 3.56. The number of halogens is 1. The average molecular weight is 353 g/mol. The molecule has 1 amide bonds. The SMILES string of the molecule is CNCC1CN(C(=O)c2cc3cccc(Br)c3o2)CCO1. The van der Waals surface area contributed by atoms with Crippen LogP contribution < -0.4 is 5.32 Å². The number of morpholine rings is 1. The minimum atomic E-state index is -0.0810. The maximum Gasteiger partial charge on any atom is 0.289 e. The fraction of sp³-hybridized carbons (Fsp3) is 0.400. The van der Waals surface area contributed by atoms with Gasteiger partial charge in [-0.25, -0.2) is 0 Å². The molecule has 2 heterocycles. The highest BCUT2D eigenvalue weighted by atomic mass is 79.9. The van der Waals surface area contributed by atoms with Crippen LogP contribution in [-0.4, -0.2) is 50.2 Å². The molecule has 1 fully saturated rings. The molecule has 3 rings (SSSR count). The number of hydrogen-bond donors (Lipinski definition) is 1. The van der Waals surface area contributed by atoms with Crippen molar-refractivity contribution in [2.45, 2.75) is 6.10 Å². The number of ether oxygens (including phenoxy) is 1. The van der Waals surface area contributed by atoms with Gasteiger partial charge in [0.2, 0.25) is 0 Å². The second-order valence-corrected chi connectivity index (χ2v) is 5.92. The molecule has 112 valence electrons. The van der Waals surface area contributed by atoms with E-state index < -0.39 is 0 Å². The van der Waals surface area contributed by atoms with Crippen molar-refractivity contribution in [1.82, 2.24) is 10.2 Å². The Morgan fingerprint density at radius 3 is 3.14 bits per heavy atom. The first-order valence-corrected chi connectivity index (χ1v) is 7.72. The normalized spacial score (nSPS) is 19.1. The van der Waals surface area contributed by atoms with Crippen LogP contribution >= 0.6 is 15.9 Å². The van der Waals surface area contributed by atoms with Gasteiger partial charge in [0, 0.05) is 25.0 Å². The summed E-state index contributed by atoms with van der Waals surface area (Å²) in [5.74, 6) is 0.296. The van der Waals surface area contributed by atoms with E-state index in [1.165, 1.54) is 0 Å². The van der Waals surface area contributed by atoms with E-state index >= 15 is 0 Å². The Labute approximate surface area is 131 Å². The number of likely N-dealkylation sites (N-methyl/N-ethyl adjacent to an activating group) is 1. The van der Waals surface area contributed by atoms with Gasteiger partial charge in [0.25, 0.3) is 5.91 Å². The van der Waals surface area contributed by atoms with Crippen molar-refractivity contribution in [3.05, 3.63) is 34.5 Å². The second-order valence-electron chi connectivity index (χ2n) is 5.07. The molecule has 1 aliphatic rings. The Morgan fingerprint density at radius 1 is 1.52 bits per heavy atom. The summed E-state index contributed by atoms with van der Waals surface area (Å²) in [4.78, 5) is 14.4. The molecule has 0 aliphatic carbocycles. The van der Waals surface area contributed by atoms with E-state index in [0.717, 1.165) is 16.4 Å². The molecule has 1 atom stereocenters. The number of nitrogens with one attached hydrogen (secondary N) is 1. The van der Waals surface area contributed by atoms with Gasteiger partial charge >= 0.3 is 0 Å². The second kappa shape index (κ2) is 6.17. The van der Waals surface area contributed by atoms with Crippen molar-refractivity contribution in [1.29, 1.82) is 0 Å². The number of hydrogen-bond acceptors (Lipinski definition) is 4. The van der Waals surface area contributed by atoms with Crippen LogP contribution in [0.1, 0.15) is 10.6 Å². The Hall–Kier alpha value is -1.37. The van der Waals surface area contributed by atoms with Crippen LogP contribution in [-0.2, 0) is 4.74 Å². The largest absolute Gasteiger partial charge is 0.450 e. The molecule has 0 spiro atoms. The molecule has 1 aromatic carbocycles. The highest BCUT2D eigenvalue weighted by molar-refractivity contribution is 9.10. The quantitative estimate of drug-likeness (QED) is 0.920. The van der Waals surface area contributed by atoms with Gasteiger partial charge in [-0.05, 0) is 35.1 Å². The van der Waals surface area contributed by atoms with Crippen LogP contribution in [0.3, 0.4) is 0 Å². The fourth-order valence-corrected chi connectivity index (χ4v) is 3.01. The highest BCUT2D eigenvalue weighted by Gasteiger charge is 2.26. The summed E-state index contributed by atoms with van der Waals surface area (Å²) in [5.41, 5.74) is 0.709. The van der Waals surface area contributed by atoms with Crippen molar-refractivity contribution in [3.63, 3.8) is 0 Å². The molecule has 0 bridgehead atoms. The van der Waals surface area contributed by atoms with Crippen LogP contribution in [0.25, 0.3) is 11.0 Å². The molecule has 1 aromatic heterocycles. The van der Waals surface area contributed by atoms with E-state index in [-0.39, 0.29) is 12.0 Å². The van der Waals surface area contributed by atoms with Crippen LogP contribution in [0.4, 0.5) is 0 Å². The van der Waals surface area contributed by atoms with Crippen LogP contribution in [0.15, 0.2) is 33.2 Å². The van der Waals surface area contributed by atoms with E-state index in [1.807, 2.05) is 25.2 Å². The Balaban J connectivity index is 1.81. The lowest BCUT2D eigenvalue weighted by molar-refractivity contribution is -0.0205. The van der Waals surface area contributed by atoms with E-state index in [4.69, 9.17) is 9.15 Å². The number of carbonyl (C=O) groups excluding carboxylic acids is 1. The zero-order valence-electron chi connectivity index (χ0n) is 11.8. The third kappa shape index (κ3) is 2.97. The van der Waals surface area contributed by atoms with Crippen molar-refractivity contribution >= 4 is 32.8 Å². The first kappa shape index (κ1) is 14.6. The van der Waals surface area contributed by atoms with Crippen LogP contribution in [0.5, 0.6) is 0 Å². The van der Waals surface area contributed by atoms with Gasteiger partial charge in [0.15, 0.2) is 5.76 Å². The van der Waals surface area contributed by atoms with Crippen molar-refractivity contribution in [3.8, 4) is 0 Å². The number of nitrogens with zero attached hydrogens (tertiary/aromatic N) is 1. The molecular formula is C15H17BrN2O3. The van der Waals surface area contributed by atoms with Gasteiger partial charge in [-0.2, -0.15) is 0 Å². The van der Waals surface area contributed by atoms with Gasteiger partial charge in [0.1, 0.15) is 5.58 Å². The molecule has 0 radical (unpaired) electrons. The monoisotopic (exact) mass is 352 g/mol. The van der Waals surface area contributed by atoms with Gasteiger partial charge in [-0.3, -0.25) is 4.79 Å². The summed E-state index contributed by atoms with van der Waals surface area (Å²) >= 11 is 3.44. The predicted molar refractivity (Wildman–Crippen MR) is 83.5 cm³/mol. The maximum atomic E-state index is 12.6. The minimum Gasteiger partial charge on any atom is -0.450 e. The molecule has 6 heteroatoms. The number of carbonyl (C=O) groups is 1. The first-order valence-electron chi connectivity index (χ1n) is 6.92. The Bertz CT molecular complexity index is 653. The smallest absolute Gasteiger partial charge is 0.289 e. The number of fused-ring (bicyclic) bond motifs is 1. The number of para-hydroxylation sites is 1. The number of amides is 1. The van der Waals surface area contributed by atoms with Gasteiger partial charge in [-0.15, -0.1) is 0 Å². The van der Waals surface area contributed by atoms with Crippen molar-refractivity contribution in [2.75, 3.05) is 33.3 Å². The molecule has 1 N–H and O–H groups in total. The molecule has 1 aliphatic heterocycles. The summed E-state index contributed by atoms with van der Waals surface area (Å²) < 4.78 is 12.2. The first-order chi connectivity index (χ1) is 10.2. The Kier molecular flexibility index (Phi) is 4.28. The minimum absolute atomic E-state index is 0.0313. The van der Waals surface area contributed by atoms with E-state index in [1.54, 1.807) is 11.0 Å². The van der Waals surface area contributed by atoms with Gasteiger partial charge in [0.05, 0.1) is 17.2 Å². The number of benzene rings is 1. The average Bonchev–Trinajstić information content (AvgIpc) is 2.93. The van der Waals surface area contributed by atoms with Crippen molar-refractivity contribution in [2.24, 2.45) is 0 Å². The molecule has 5 nitrogen and oxygen atoms in total. The van der Waals surface area contributed by atoms with Gasteiger partial charge in [-0.1, -0.05) is 12.1 Å². The molecular weight excluding hydrogens is 336 g/mol. The van der Waals surface area contributed by atoms with E-state index in [9.17, 15) is 4.79 Å². The van der Waals surface area contributed by atoms with E-state index in [2.05, 4.69) is 21.2 Å². The maximum absolute atomic E-state index is 12.6. The summed E-state index contributed by atoms with van der Waals surface area (Å²) in [6, 6.07) is 7.56. The summed E-state index contributed by atoms with van der Waals surface area (Å²) in [7, 11) is 1.88. The lowest BCUT2D eigenvalue weighted by Gasteiger charge is -2.32.